The lowest BCUT2D eigenvalue weighted by Gasteiger charge is -2.06. The van der Waals surface area contributed by atoms with Crippen LogP contribution in [0.25, 0.3) is 0 Å². The largest absolute Gasteiger partial charge is 0.380 e. The second-order valence-corrected chi connectivity index (χ2v) is 5.52. The highest BCUT2D eigenvalue weighted by atomic mass is 32.1. The number of hydrogen-bond donors (Lipinski definition) is 1. The Kier molecular flexibility index (Phi) is 4.33. The quantitative estimate of drug-likeness (QED) is 0.895. The van der Waals surface area contributed by atoms with Crippen molar-refractivity contribution in [1.29, 1.82) is 0 Å². The summed E-state index contributed by atoms with van der Waals surface area (Å²) < 4.78 is 5.13. The fraction of sp³-hybridized carbons (Fsp3) is 0.357. The van der Waals surface area contributed by atoms with Crippen molar-refractivity contribution in [3.8, 4) is 0 Å². The molecule has 0 aliphatic carbocycles. The highest BCUT2D eigenvalue weighted by Crippen LogP contribution is 2.18. The third-order valence-corrected chi connectivity index (χ3v) is 3.83. The van der Waals surface area contributed by atoms with Crippen molar-refractivity contribution in [3.63, 3.8) is 0 Å². The second kappa shape index (κ2) is 5.98. The molecule has 0 spiro atoms. The number of nitrogens with one attached hydrogen (secondary N) is 1. The Hall–Kier alpha value is -1.39. The molecule has 2 rings (SSSR count). The summed E-state index contributed by atoms with van der Waals surface area (Å²) in [5.41, 5.74) is 3.41. The first-order valence-electron chi connectivity index (χ1n) is 5.93. The van der Waals surface area contributed by atoms with Crippen LogP contribution < -0.4 is 5.32 Å². The molecule has 1 heterocycles. The van der Waals surface area contributed by atoms with Crippen LogP contribution in [0, 0.1) is 13.8 Å². The van der Waals surface area contributed by atoms with Gasteiger partial charge in [-0.2, -0.15) is 0 Å². The van der Waals surface area contributed by atoms with Gasteiger partial charge in [0.15, 0.2) is 0 Å². The van der Waals surface area contributed by atoms with Crippen LogP contribution in [0.5, 0.6) is 0 Å². The molecule has 0 atom stereocenters. The van der Waals surface area contributed by atoms with E-state index in [2.05, 4.69) is 42.3 Å². The summed E-state index contributed by atoms with van der Waals surface area (Å²) >= 11 is 1.75. The highest BCUT2D eigenvalue weighted by molar-refractivity contribution is 7.11. The van der Waals surface area contributed by atoms with Crippen LogP contribution in [0.1, 0.15) is 21.1 Å². The second-order valence-electron chi connectivity index (χ2n) is 4.24. The lowest BCUT2D eigenvalue weighted by atomic mass is 10.2. The Morgan fingerprint density at radius 1 is 1.33 bits per heavy atom. The summed E-state index contributed by atoms with van der Waals surface area (Å²) in [6.45, 7) is 5.57. The number of benzene rings is 1. The molecule has 2 aromatic rings. The fourth-order valence-electron chi connectivity index (χ4n) is 1.73. The van der Waals surface area contributed by atoms with Crippen LogP contribution in [0.4, 0.5) is 5.69 Å². The average molecular weight is 262 g/mol. The van der Waals surface area contributed by atoms with E-state index in [1.807, 2.05) is 6.07 Å². The van der Waals surface area contributed by atoms with Gasteiger partial charge in [0.05, 0.1) is 18.8 Å². The van der Waals surface area contributed by atoms with Crippen LogP contribution in [-0.4, -0.2) is 12.1 Å². The van der Waals surface area contributed by atoms with Gasteiger partial charge in [-0.3, -0.25) is 0 Å². The van der Waals surface area contributed by atoms with Gasteiger partial charge in [0.1, 0.15) is 5.01 Å². The molecule has 96 valence electrons. The van der Waals surface area contributed by atoms with Gasteiger partial charge >= 0.3 is 0 Å². The molecular weight excluding hydrogens is 244 g/mol. The maximum Gasteiger partial charge on any atom is 0.112 e. The smallest absolute Gasteiger partial charge is 0.112 e. The van der Waals surface area contributed by atoms with Crippen molar-refractivity contribution in [3.05, 3.63) is 45.4 Å². The minimum atomic E-state index is 0.644. The number of rotatable bonds is 5. The van der Waals surface area contributed by atoms with Gasteiger partial charge in [-0.1, -0.05) is 12.1 Å². The van der Waals surface area contributed by atoms with E-state index in [-0.39, 0.29) is 0 Å². The molecule has 3 nitrogen and oxygen atoms in total. The van der Waals surface area contributed by atoms with E-state index in [1.54, 1.807) is 18.4 Å². The molecular formula is C14H18N2OS. The monoisotopic (exact) mass is 262 g/mol. The number of nitrogens with zero attached hydrogens (tertiary/aromatic N) is 1. The minimum Gasteiger partial charge on any atom is -0.380 e. The molecule has 0 unspecified atom stereocenters. The van der Waals surface area contributed by atoms with Gasteiger partial charge in [-0.05, 0) is 31.5 Å². The van der Waals surface area contributed by atoms with E-state index in [4.69, 9.17) is 4.74 Å². The molecule has 1 aromatic heterocycles. The number of hydrogen-bond acceptors (Lipinski definition) is 4. The van der Waals surface area contributed by atoms with Crippen molar-refractivity contribution in [2.45, 2.75) is 27.0 Å². The molecule has 1 aromatic carbocycles. The SMILES string of the molecule is COCc1cccc(NCc2nc(C)c(C)s2)c1. The minimum absolute atomic E-state index is 0.644. The van der Waals surface area contributed by atoms with Crippen LogP contribution in [0.2, 0.25) is 0 Å². The molecule has 18 heavy (non-hydrogen) atoms. The molecule has 0 fully saturated rings. The zero-order valence-electron chi connectivity index (χ0n) is 11.0. The van der Waals surface area contributed by atoms with Crippen LogP contribution in [0.3, 0.4) is 0 Å². The number of methoxy groups -OCH3 is 1. The summed E-state index contributed by atoms with van der Waals surface area (Å²) in [7, 11) is 1.71. The lowest BCUT2D eigenvalue weighted by molar-refractivity contribution is 0.185. The predicted octanol–water partition coefficient (Wildman–Crippen LogP) is 3.52. The molecule has 0 amide bonds. The number of thiazole rings is 1. The molecule has 4 heteroatoms. The van der Waals surface area contributed by atoms with Crippen molar-refractivity contribution in [2.75, 3.05) is 12.4 Å². The molecule has 1 N–H and O–H groups in total. The summed E-state index contributed by atoms with van der Waals surface area (Å²) in [6.07, 6.45) is 0. The molecule has 0 saturated heterocycles. The molecule has 0 bridgehead atoms. The van der Waals surface area contributed by atoms with Gasteiger partial charge in [0, 0.05) is 17.7 Å². The van der Waals surface area contributed by atoms with Crippen LogP contribution >= 0.6 is 11.3 Å². The van der Waals surface area contributed by atoms with E-state index >= 15 is 0 Å². The lowest BCUT2D eigenvalue weighted by Crippen LogP contribution is -1.99. The first-order chi connectivity index (χ1) is 8.69. The molecule has 0 radical (unpaired) electrons. The first-order valence-corrected chi connectivity index (χ1v) is 6.75. The summed E-state index contributed by atoms with van der Waals surface area (Å²) in [4.78, 5) is 5.81. The Balaban J connectivity index is 1.99. The van der Waals surface area contributed by atoms with E-state index in [9.17, 15) is 0 Å². The maximum atomic E-state index is 5.13. The zero-order valence-corrected chi connectivity index (χ0v) is 11.8. The van der Waals surface area contributed by atoms with Crippen molar-refractivity contribution < 1.29 is 4.74 Å². The Bertz CT molecular complexity index is 503. The molecule has 0 saturated carbocycles. The molecule has 0 aliphatic rings. The van der Waals surface area contributed by atoms with E-state index in [1.165, 1.54) is 10.4 Å². The van der Waals surface area contributed by atoms with E-state index < -0.39 is 0 Å². The average Bonchev–Trinajstić information content (AvgIpc) is 2.67. The van der Waals surface area contributed by atoms with Crippen LogP contribution in [0.15, 0.2) is 24.3 Å². The van der Waals surface area contributed by atoms with Gasteiger partial charge in [0.2, 0.25) is 0 Å². The number of aromatic nitrogens is 1. The summed E-state index contributed by atoms with van der Waals surface area (Å²) in [5, 5.41) is 4.52. The topological polar surface area (TPSA) is 34.1 Å². The normalized spacial score (nSPS) is 10.6. The molecule has 0 aliphatic heterocycles. The fourth-order valence-corrected chi connectivity index (χ4v) is 2.60. The Labute approximate surface area is 112 Å². The third kappa shape index (κ3) is 3.31. The predicted molar refractivity (Wildman–Crippen MR) is 76.1 cm³/mol. The Morgan fingerprint density at radius 2 is 2.17 bits per heavy atom. The van der Waals surface area contributed by atoms with Crippen molar-refractivity contribution in [1.82, 2.24) is 4.98 Å². The van der Waals surface area contributed by atoms with E-state index in [0.717, 1.165) is 22.9 Å². The first kappa shape index (κ1) is 13.1. The summed E-state index contributed by atoms with van der Waals surface area (Å²) in [5.74, 6) is 0. The van der Waals surface area contributed by atoms with Crippen molar-refractivity contribution >= 4 is 17.0 Å². The maximum absolute atomic E-state index is 5.13. The number of anilines is 1. The Morgan fingerprint density at radius 3 is 2.83 bits per heavy atom. The standard InChI is InChI=1S/C14H18N2OS/c1-10-11(2)18-14(16-10)8-15-13-6-4-5-12(7-13)9-17-3/h4-7,15H,8-9H2,1-3H3. The van der Waals surface area contributed by atoms with Gasteiger partial charge in [0.25, 0.3) is 0 Å². The number of ether oxygens (including phenoxy) is 1. The number of aryl methyl sites for hydroxylation is 2. The summed E-state index contributed by atoms with van der Waals surface area (Å²) in [6, 6.07) is 8.27. The van der Waals surface area contributed by atoms with Crippen LogP contribution in [-0.2, 0) is 17.9 Å². The van der Waals surface area contributed by atoms with Gasteiger partial charge in [-0.25, -0.2) is 4.98 Å². The zero-order chi connectivity index (χ0) is 13.0. The van der Waals surface area contributed by atoms with E-state index in [0.29, 0.717) is 6.61 Å². The highest BCUT2D eigenvalue weighted by Gasteiger charge is 2.03. The van der Waals surface area contributed by atoms with Gasteiger partial charge < -0.3 is 10.1 Å². The third-order valence-electron chi connectivity index (χ3n) is 2.75. The van der Waals surface area contributed by atoms with Crippen molar-refractivity contribution in [2.24, 2.45) is 0 Å². The van der Waals surface area contributed by atoms with Gasteiger partial charge in [-0.15, -0.1) is 11.3 Å².